The largest absolute Gasteiger partial charge is 0.360 e. The lowest BCUT2D eigenvalue weighted by Crippen LogP contribution is -1.99. The molecule has 1 heterocycles. The van der Waals surface area contributed by atoms with Crippen molar-refractivity contribution in [2.24, 2.45) is 5.73 Å². The molecular weight excluding hydrogens is 191 g/mol. The molecule has 0 saturated carbocycles. The second-order valence-corrected chi connectivity index (χ2v) is 3.21. The predicted molar refractivity (Wildman–Crippen MR) is 51.2 cm³/mol. The molecule has 0 fully saturated rings. The number of fused-ring (bicyclic) bond motifs is 1. The Hall–Kier alpha value is -1.06. The van der Waals surface area contributed by atoms with Gasteiger partial charge in [0.2, 0.25) is 0 Å². The van der Waals surface area contributed by atoms with Gasteiger partial charge in [0.1, 0.15) is 5.82 Å². The lowest BCUT2D eigenvalue weighted by atomic mass is 10.1. The summed E-state index contributed by atoms with van der Waals surface area (Å²) in [6.45, 7) is 0.184. The van der Waals surface area contributed by atoms with Gasteiger partial charge in [0.05, 0.1) is 10.4 Å². The van der Waals surface area contributed by atoms with Crippen LogP contribution in [0.25, 0.3) is 10.9 Å². The summed E-state index contributed by atoms with van der Waals surface area (Å²) >= 11 is 5.79. The number of aromatic nitrogens is 1. The maximum Gasteiger partial charge on any atom is 0.138 e. The summed E-state index contributed by atoms with van der Waals surface area (Å²) in [5, 5.41) is 0.812. The van der Waals surface area contributed by atoms with Gasteiger partial charge in [-0.25, -0.2) is 4.39 Å². The second kappa shape index (κ2) is 3.01. The van der Waals surface area contributed by atoms with Crippen LogP contribution in [0.15, 0.2) is 18.3 Å². The van der Waals surface area contributed by atoms with E-state index >= 15 is 0 Å². The average Bonchev–Trinajstić information content (AvgIpc) is 2.49. The van der Waals surface area contributed by atoms with E-state index in [1.807, 2.05) is 0 Å². The van der Waals surface area contributed by atoms with Gasteiger partial charge in [-0.2, -0.15) is 0 Å². The zero-order valence-corrected chi connectivity index (χ0v) is 7.53. The Morgan fingerprint density at radius 2 is 2.23 bits per heavy atom. The second-order valence-electron chi connectivity index (χ2n) is 2.80. The molecular formula is C9H8ClFN2. The van der Waals surface area contributed by atoms with Gasteiger partial charge in [-0.15, -0.1) is 0 Å². The fourth-order valence-electron chi connectivity index (χ4n) is 1.34. The van der Waals surface area contributed by atoms with Crippen molar-refractivity contribution in [1.82, 2.24) is 4.98 Å². The third-order valence-electron chi connectivity index (χ3n) is 2.04. The molecule has 0 bridgehead atoms. The fraction of sp³-hybridized carbons (Fsp3) is 0.111. The molecule has 0 atom stereocenters. The lowest BCUT2D eigenvalue weighted by molar-refractivity contribution is 0.623. The Labute approximate surface area is 79.5 Å². The molecule has 1 aromatic carbocycles. The Kier molecular flexibility index (Phi) is 1.98. The van der Waals surface area contributed by atoms with E-state index in [2.05, 4.69) is 4.98 Å². The van der Waals surface area contributed by atoms with E-state index in [4.69, 9.17) is 17.3 Å². The van der Waals surface area contributed by atoms with Crippen LogP contribution in [0, 0.1) is 5.82 Å². The van der Waals surface area contributed by atoms with Crippen LogP contribution in [0.1, 0.15) is 5.56 Å². The van der Waals surface area contributed by atoms with Crippen LogP contribution in [-0.2, 0) is 6.54 Å². The minimum absolute atomic E-state index is 0.184. The molecule has 0 saturated heterocycles. The molecule has 0 amide bonds. The Bertz CT molecular complexity index is 450. The number of nitrogens with one attached hydrogen (secondary N) is 1. The number of benzene rings is 1. The standard InChI is InChI=1S/C9H8ClFN2/c10-6-4-13-7-2-1-5(3-12)9(11)8(6)7/h1-2,4,13H,3,12H2. The Morgan fingerprint density at radius 3 is 2.92 bits per heavy atom. The van der Waals surface area contributed by atoms with Crippen molar-refractivity contribution >= 4 is 22.5 Å². The van der Waals surface area contributed by atoms with Gasteiger partial charge in [0, 0.05) is 23.8 Å². The highest BCUT2D eigenvalue weighted by Gasteiger charge is 2.10. The third kappa shape index (κ3) is 1.20. The van der Waals surface area contributed by atoms with E-state index in [9.17, 15) is 4.39 Å². The molecule has 2 aromatic rings. The number of aromatic amines is 1. The van der Waals surface area contributed by atoms with E-state index in [0.717, 1.165) is 0 Å². The first-order valence-electron chi connectivity index (χ1n) is 3.88. The van der Waals surface area contributed by atoms with Crippen LogP contribution >= 0.6 is 11.6 Å². The molecule has 0 aliphatic heterocycles. The highest BCUT2D eigenvalue weighted by atomic mass is 35.5. The van der Waals surface area contributed by atoms with Crippen molar-refractivity contribution < 1.29 is 4.39 Å². The van der Waals surface area contributed by atoms with E-state index in [1.54, 1.807) is 18.3 Å². The molecule has 0 spiro atoms. The van der Waals surface area contributed by atoms with Gasteiger partial charge in [0.15, 0.2) is 0 Å². The maximum absolute atomic E-state index is 13.6. The van der Waals surface area contributed by atoms with Crippen LogP contribution < -0.4 is 5.73 Å². The quantitative estimate of drug-likeness (QED) is 0.726. The van der Waals surface area contributed by atoms with Gasteiger partial charge in [-0.05, 0) is 6.07 Å². The maximum atomic E-state index is 13.6. The summed E-state index contributed by atoms with van der Waals surface area (Å²) in [4.78, 5) is 2.87. The van der Waals surface area contributed by atoms with E-state index in [0.29, 0.717) is 21.5 Å². The number of hydrogen-bond acceptors (Lipinski definition) is 1. The number of halogens is 2. The minimum Gasteiger partial charge on any atom is -0.360 e. The summed E-state index contributed by atoms with van der Waals surface area (Å²) in [5.74, 6) is -0.328. The summed E-state index contributed by atoms with van der Waals surface area (Å²) in [6.07, 6.45) is 1.57. The summed E-state index contributed by atoms with van der Waals surface area (Å²) < 4.78 is 13.6. The molecule has 13 heavy (non-hydrogen) atoms. The molecule has 68 valence electrons. The minimum atomic E-state index is -0.328. The first-order valence-corrected chi connectivity index (χ1v) is 4.26. The molecule has 4 heteroatoms. The molecule has 2 rings (SSSR count). The van der Waals surface area contributed by atoms with E-state index in [-0.39, 0.29) is 12.4 Å². The number of hydrogen-bond donors (Lipinski definition) is 2. The van der Waals surface area contributed by atoms with Crippen molar-refractivity contribution in [3.05, 3.63) is 34.7 Å². The molecule has 0 aliphatic carbocycles. The summed E-state index contributed by atoms with van der Waals surface area (Å²) in [6, 6.07) is 3.43. The molecule has 0 aliphatic rings. The van der Waals surface area contributed by atoms with Gasteiger partial charge in [-0.3, -0.25) is 0 Å². The van der Waals surface area contributed by atoms with Crippen molar-refractivity contribution in [1.29, 1.82) is 0 Å². The highest BCUT2D eigenvalue weighted by Crippen LogP contribution is 2.27. The molecule has 3 N–H and O–H groups in total. The fourth-order valence-corrected chi connectivity index (χ4v) is 1.58. The molecule has 0 unspecified atom stereocenters. The zero-order valence-electron chi connectivity index (χ0n) is 6.77. The van der Waals surface area contributed by atoms with Crippen LogP contribution in [0.2, 0.25) is 5.02 Å². The summed E-state index contributed by atoms with van der Waals surface area (Å²) in [5.41, 5.74) is 6.54. The molecule has 0 radical (unpaired) electrons. The van der Waals surface area contributed by atoms with Gasteiger partial charge in [0.25, 0.3) is 0 Å². The first-order chi connectivity index (χ1) is 6.24. The number of H-pyrrole nitrogens is 1. The van der Waals surface area contributed by atoms with E-state index in [1.165, 1.54) is 0 Å². The van der Waals surface area contributed by atoms with Gasteiger partial charge >= 0.3 is 0 Å². The van der Waals surface area contributed by atoms with Crippen molar-refractivity contribution in [2.75, 3.05) is 0 Å². The monoisotopic (exact) mass is 198 g/mol. The van der Waals surface area contributed by atoms with Crippen LogP contribution in [0.5, 0.6) is 0 Å². The Balaban J connectivity index is 2.83. The van der Waals surface area contributed by atoms with Crippen LogP contribution in [0.4, 0.5) is 4.39 Å². The smallest absolute Gasteiger partial charge is 0.138 e. The molecule has 1 aromatic heterocycles. The lowest BCUT2D eigenvalue weighted by Gasteiger charge is -2.00. The topological polar surface area (TPSA) is 41.8 Å². The van der Waals surface area contributed by atoms with Crippen LogP contribution in [0.3, 0.4) is 0 Å². The number of nitrogens with two attached hydrogens (primary N) is 1. The molecule has 2 nitrogen and oxygen atoms in total. The first kappa shape index (κ1) is 8.53. The predicted octanol–water partition coefficient (Wildman–Crippen LogP) is 2.42. The Morgan fingerprint density at radius 1 is 1.46 bits per heavy atom. The zero-order chi connectivity index (χ0) is 9.42. The highest BCUT2D eigenvalue weighted by molar-refractivity contribution is 6.35. The summed E-state index contributed by atoms with van der Waals surface area (Å²) in [7, 11) is 0. The van der Waals surface area contributed by atoms with Crippen molar-refractivity contribution in [3.8, 4) is 0 Å². The normalized spacial score (nSPS) is 11.0. The van der Waals surface area contributed by atoms with E-state index < -0.39 is 0 Å². The van der Waals surface area contributed by atoms with Crippen LogP contribution in [-0.4, -0.2) is 4.98 Å². The third-order valence-corrected chi connectivity index (χ3v) is 2.33. The van der Waals surface area contributed by atoms with Gasteiger partial charge < -0.3 is 10.7 Å². The van der Waals surface area contributed by atoms with Gasteiger partial charge in [-0.1, -0.05) is 17.7 Å². The average molecular weight is 199 g/mol. The van der Waals surface area contributed by atoms with Crippen molar-refractivity contribution in [2.45, 2.75) is 6.54 Å². The number of rotatable bonds is 1. The SMILES string of the molecule is NCc1ccc2[nH]cc(Cl)c2c1F. The van der Waals surface area contributed by atoms with Crippen molar-refractivity contribution in [3.63, 3.8) is 0 Å².